The fraction of sp³-hybridized carbons (Fsp3) is 0.286. The standard InChI is InChI=1S/C21H23N5O/c1-15-5-2-3-7-18(15)21(27)23-17-6-4-12-26(14-17)20-13-19(24-25-20)16-8-10-22-11-9-16/h2-3,5,7-11,13,17H,4,6,12,14H2,1H3,(H,23,27)(H,24,25)/t17-/m1/s1. The second-order valence-electron chi connectivity index (χ2n) is 6.95. The van der Waals surface area contributed by atoms with Crippen LogP contribution >= 0.6 is 0 Å². The lowest BCUT2D eigenvalue weighted by atomic mass is 10.0. The third kappa shape index (κ3) is 3.84. The predicted octanol–water partition coefficient (Wildman–Crippen LogP) is 3.18. The smallest absolute Gasteiger partial charge is 0.251 e. The van der Waals surface area contributed by atoms with Crippen LogP contribution < -0.4 is 10.2 Å². The van der Waals surface area contributed by atoms with Crippen LogP contribution in [-0.2, 0) is 0 Å². The van der Waals surface area contributed by atoms with Crippen molar-refractivity contribution in [2.45, 2.75) is 25.8 Å². The van der Waals surface area contributed by atoms with Gasteiger partial charge in [0, 0.05) is 48.7 Å². The van der Waals surface area contributed by atoms with E-state index in [9.17, 15) is 4.79 Å². The maximum atomic E-state index is 12.6. The Morgan fingerprint density at radius 2 is 2.04 bits per heavy atom. The fourth-order valence-electron chi connectivity index (χ4n) is 3.55. The molecule has 6 heteroatoms. The first kappa shape index (κ1) is 17.3. The van der Waals surface area contributed by atoms with Crippen LogP contribution in [-0.4, -0.2) is 40.2 Å². The molecule has 3 heterocycles. The normalized spacial score (nSPS) is 16.9. The molecule has 1 saturated heterocycles. The third-order valence-corrected chi connectivity index (χ3v) is 5.03. The molecule has 1 fully saturated rings. The summed E-state index contributed by atoms with van der Waals surface area (Å²) >= 11 is 0. The Morgan fingerprint density at radius 1 is 1.22 bits per heavy atom. The van der Waals surface area contributed by atoms with E-state index in [0.717, 1.165) is 54.1 Å². The summed E-state index contributed by atoms with van der Waals surface area (Å²) in [6.07, 6.45) is 5.55. The highest BCUT2D eigenvalue weighted by molar-refractivity contribution is 5.95. The summed E-state index contributed by atoms with van der Waals surface area (Å²) in [4.78, 5) is 18.9. The highest BCUT2D eigenvalue weighted by Gasteiger charge is 2.24. The molecule has 1 amide bonds. The van der Waals surface area contributed by atoms with Gasteiger partial charge in [0.2, 0.25) is 0 Å². The van der Waals surface area contributed by atoms with E-state index in [0.29, 0.717) is 0 Å². The second kappa shape index (κ2) is 7.61. The van der Waals surface area contributed by atoms with E-state index < -0.39 is 0 Å². The molecule has 0 radical (unpaired) electrons. The fourth-order valence-corrected chi connectivity index (χ4v) is 3.55. The van der Waals surface area contributed by atoms with Crippen LogP contribution in [0.5, 0.6) is 0 Å². The van der Waals surface area contributed by atoms with Gasteiger partial charge in [0.05, 0.1) is 5.69 Å². The number of hydrogen-bond donors (Lipinski definition) is 2. The number of carbonyl (C=O) groups excluding carboxylic acids is 1. The number of nitrogens with zero attached hydrogens (tertiary/aromatic N) is 3. The number of hydrogen-bond acceptors (Lipinski definition) is 4. The SMILES string of the molecule is Cc1ccccc1C(=O)N[C@@H]1CCCN(c2cc(-c3ccncc3)[nH]n2)C1. The summed E-state index contributed by atoms with van der Waals surface area (Å²) < 4.78 is 0. The lowest BCUT2D eigenvalue weighted by molar-refractivity contribution is 0.0932. The van der Waals surface area contributed by atoms with E-state index in [1.807, 2.05) is 43.3 Å². The maximum absolute atomic E-state index is 12.6. The number of piperidine rings is 1. The van der Waals surface area contributed by atoms with Gasteiger partial charge in [0.15, 0.2) is 5.82 Å². The van der Waals surface area contributed by atoms with E-state index in [4.69, 9.17) is 0 Å². The van der Waals surface area contributed by atoms with E-state index >= 15 is 0 Å². The highest BCUT2D eigenvalue weighted by Crippen LogP contribution is 2.24. The molecule has 0 bridgehead atoms. The molecule has 27 heavy (non-hydrogen) atoms. The molecule has 6 nitrogen and oxygen atoms in total. The first-order valence-electron chi connectivity index (χ1n) is 9.28. The number of aromatic amines is 1. The van der Waals surface area contributed by atoms with Gasteiger partial charge in [-0.2, -0.15) is 5.10 Å². The molecule has 138 valence electrons. The molecule has 1 atom stereocenters. The molecule has 2 N–H and O–H groups in total. The average Bonchev–Trinajstić information content (AvgIpc) is 3.19. The first-order chi connectivity index (χ1) is 13.2. The summed E-state index contributed by atoms with van der Waals surface area (Å²) in [7, 11) is 0. The van der Waals surface area contributed by atoms with Gasteiger partial charge in [-0.1, -0.05) is 18.2 Å². The number of pyridine rings is 1. The zero-order valence-corrected chi connectivity index (χ0v) is 15.4. The number of carbonyl (C=O) groups is 1. The Morgan fingerprint density at radius 3 is 2.85 bits per heavy atom. The first-order valence-corrected chi connectivity index (χ1v) is 9.28. The molecule has 0 unspecified atom stereocenters. The minimum atomic E-state index is -0.000507. The molecule has 3 aromatic rings. The molecule has 4 rings (SSSR count). The van der Waals surface area contributed by atoms with Crippen molar-refractivity contribution in [1.29, 1.82) is 0 Å². The number of anilines is 1. The number of H-pyrrole nitrogens is 1. The number of nitrogens with one attached hydrogen (secondary N) is 2. The molecule has 0 spiro atoms. The maximum Gasteiger partial charge on any atom is 0.251 e. The minimum absolute atomic E-state index is 0.000507. The summed E-state index contributed by atoms with van der Waals surface area (Å²) in [6, 6.07) is 13.8. The van der Waals surface area contributed by atoms with Crippen molar-refractivity contribution in [2.75, 3.05) is 18.0 Å². The van der Waals surface area contributed by atoms with Crippen LogP contribution in [0.3, 0.4) is 0 Å². The molecule has 0 saturated carbocycles. The summed E-state index contributed by atoms with van der Waals surface area (Å²) in [5.74, 6) is 0.913. The van der Waals surface area contributed by atoms with Gasteiger partial charge < -0.3 is 10.2 Å². The van der Waals surface area contributed by atoms with E-state index in [1.54, 1.807) is 12.4 Å². The van der Waals surface area contributed by atoms with E-state index in [2.05, 4.69) is 31.5 Å². The van der Waals surface area contributed by atoms with Gasteiger partial charge in [-0.15, -0.1) is 0 Å². The van der Waals surface area contributed by atoms with Crippen molar-refractivity contribution in [1.82, 2.24) is 20.5 Å². The third-order valence-electron chi connectivity index (χ3n) is 5.03. The second-order valence-corrected chi connectivity index (χ2v) is 6.95. The van der Waals surface area contributed by atoms with Crippen molar-refractivity contribution in [3.05, 3.63) is 66.0 Å². The van der Waals surface area contributed by atoms with Crippen LogP contribution in [0, 0.1) is 6.92 Å². The van der Waals surface area contributed by atoms with Crippen molar-refractivity contribution in [2.24, 2.45) is 0 Å². The van der Waals surface area contributed by atoms with E-state index in [1.165, 1.54) is 0 Å². The van der Waals surface area contributed by atoms with E-state index in [-0.39, 0.29) is 11.9 Å². The number of rotatable bonds is 4. The molecule has 2 aromatic heterocycles. The summed E-state index contributed by atoms with van der Waals surface area (Å²) in [6.45, 7) is 3.67. The topological polar surface area (TPSA) is 73.9 Å². The summed E-state index contributed by atoms with van der Waals surface area (Å²) in [5, 5.41) is 10.8. The van der Waals surface area contributed by atoms with Gasteiger partial charge in [-0.25, -0.2) is 0 Å². The number of amides is 1. The highest BCUT2D eigenvalue weighted by atomic mass is 16.1. The zero-order valence-electron chi connectivity index (χ0n) is 15.4. The van der Waals surface area contributed by atoms with Gasteiger partial charge in [0.25, 0.3) is 5.91 Å². The molecule has 0 aliphatic carbocycles. The Bertz CT molecular complexity index is 921. The Kier molecular flexibility index (Phi) is 4.87. The number of aromatic nitrogens is 3. The molecule has 1 aliphatic rings. The largest absolute Gasteiger partial charge is 0.353 e. The Balaban J connectivity index is 1.43. The summed E-state index contributed by atoms with van der Waals surface area (Å²) in [5.41, 5.74) is 3.77. The molecular formula is C21H23N5O. The van der Waals surface area contributed by atoms with Crippen molar-refractivity contribution in [3.8, 4) is 11.3 Å². The molecule has 1 aliphatic heterocycles. The van der Waals surface area contributed by atoms with Crippen LogP contribution in [0.2, 0.25) is 0 Å². The Hall–Kier alpha value is -3.15. The van der Waals surface area contributed by atoms with Gasteiger partial charge in [-0.3, -0.25) is 14.9 Å². The lowest BCUT2D eigenvalue weighted by Gasteiger charge is -2.33. The van der Waals surface area contributed by atoms with Crippen molar-refractivity contribution >= 4 is 11.7 Å². The quantitative estimate of drug-likeness (QED) is 0.748. The lowest BCUT2D eigenvalue weighted by Crippen LogP contribution is -2.48. The molecular weight excluding hydrogens is 338 g/mol. The minimum Gasteiger partial charge on any atom is -0.353 e. The molecule has 1 aromatic carbocycles. The van der Waals surface area contributed by atoms with Crippen LogP contribution in [0.15, 0.2) is 54.9 Å². The zero-order chi connectivity index (χ0) is 18.6. The predicted molar refractivity (Wildman–Crippen MR) is 106 cm³/mol. The van der Waals surface area contributed by atoms with Crippen LogP contribution in [0.25, 0.3) is 11.3 Å². The van der Waals surface area contributed by atoms with Gasteiger partial charge in [-0.05, 0) is 43.5 Å². The number of aryl methyl sites for hydroxylation is 1. The Labute approximate surface area is 158 Å². The van der Waals surface area contributed by atoms with Crippen LogP contribution in [0.1, 0.15) is 28.8 Å². The van der Waals surface area contributed by atoms with Gasteiger partial charge >= 0.3 is 0 Å². The van der Waals surface area contributed by atoms with Gasteiger partial charge in [0.1, 0.15) is 0 Å². The monoisotopic (exact) mass is 361 g/mol. The average molecular weight is 361 g/mol. The van der Waals surface area contributed by atoms with Crippen LogP contribution in [0.4, 0.5) is 5.82 Å². The van der Waals surface area contributed by atoms with Crippen molar-refractivity contribution in [3.63, 3.8) is 0 Å². The number of benzene rings is 1. The van der Waals surface area contributed by atoms with Crippen molar-refractivity contribution < 1.29 is 4.79 Å².